The first-order valence-electron chi connectivity index (χ1n) is 5.74. The molecular weight excluding hydrogens is 283 g/mol. The van der Waals surface area contributed by atoms with Gasteiger partial charge in [-0.3, -0.25) is 4.79 Å². The summed E-state index contributed by atoms with van der Waals surface area (Å²) in [4.78, 5) is 11.6. The minimum Gasteiger partial charge on any atom is -0.320 e. The van der Waals surface area contributed by atoms with Gasteiger partial charge >= 0.3 is 0 Å². The van der Waals surface area contributed by atoms with E-state index in [4.69, 9.17) is 5.73 Å². The van der Waals surface area contributed by atoms with Gasteiger partial charge in [0.2, 0.25) is 11.7 Å². The van der Waals surface area contributed by atoms with Crippen LogP contribution in [0.4, 0.5) is 27.6 Å². The maximum Gasteiger partial charge on any atom is 0.241 e. The molecule has 0 heterocycles. The predicted octanol–water partition coefficient (Wildman–Crippen LogP) is 2.69. The molecule has 0 bridgehead atoms. The molecule has 0 saturated heterocycles. The van der Waals surface area contributed by atoms with Gasteiger partial charge in [-0.1, -0.05) is 13.8 Å². The van der Waals surface area contributed by atoms with Gasteiger partial charge in [-0.05, 0) is 12.3 Å². The maximum absolute atomic E-state index is 13.3. The molecule has 0 aliphatic carbocycles. The normalized spacial score (nSPS) is 12.7. The number of nitrogens with one attached hydrogen (secondary N) is 1. The second kappa shape index (κ2) is 6.17. The van der Waals surface area contributed by atoms with Gasteiger partial charge in [0.1, 0.15) is 5.69 Å². The van der Waals surface area contributed by atoms with Crippen molar-refractivity contribution in [3.05, 3.63) is 29.1 Å². The molecule has 3 N–H and O–H groups in total. The number of hydrogen-bond acceptors (Lipinski definition) is 2. The largest absolute Gasteiger partial charge is 0.320 e. The minimum absolute atomic E-state index is 0.0205. The van der Waals surface area contributed by atoms with Crippen molar-refractivity contribution in [1.29, 1.82) is 0 Å². The van der Waals surface area contributed by atoms with Gasteiger partial charge in [-0.15, -0.1) is 0 Å². The molecule has 0 aliphatic rings. The second-order valence-corrected chi connectivity index (χ2v) is 4.67. The summed E-state index contributed by atoms with van der Waals surface area (Å²) in [5.74, 6) is -11.8. The topological polar surface area (TPSA) is 55.1 Å². The number of halogens is 5. The van der Waals surface area contributed by atoms with Crippen LogP contribution >= 0.6 is 0 Å². The summed E-state index contributed by atoms with van der Waals surface area (Å²) < 4.78 is 65.3. The summed E-state index contributed by atoms with van der Waals surface area (Å²) in [7, 11) is 0. The molecule has 0 unspecified atom stereocenters. The summed E-state index contributed by atoms with van der Waals surface area (Å²) >= 11 is 0. The molecule has 1 aromatic rings. The van der Waals surface area contributed by atoms with Crippen LogP contribution in [0.2, 0.25) is 0 Å². The lowest BCUT2D eigenvalue weighted by molar-refractivity contribution is -0.117. The summed E-state index contributed by atoms with van der Waals surface area (Å²) in [6.07, 6.45) is 0.196. The average Bonchev–Trinajstić information content (AvgIpc) is 2.38. The SMILES string of the molecule is CC(C)C[C@@H](N)C(=O)Nc1c(F)c(F)c(F)c(F)c1F. The zero-order chi connectivity index (χ0) is 15.6. The van der Waals surface area contributed by atoms with E-state index in [1.54, 1.807) is 19.2 Å². The molecular formula is C12H13F5N2O. The van der Waals surface area contributed by atoms with Crippen molar-refractivity contribution in [3.63, 3.8) is 0 Å². The fraction of sp³-hybridized carbons (Fsp3) is 0.417. The number of hydrogen-bond donors (Lipinski definition) is 2. The molecule has 20 heavy (non-hydrogen) atoms. The Morgan fingerprint density at radius 2 is 1.40 bits per heavy atom. The molecule has 1 amide bonds. The molecule has 0 fully saturated rings. The van der Waals surface area contributed by atoms with E-state index in [-0.39, 0.29) is 12.3 Å². The molecule has 0 saturated carbocycles. The van der Waals surface area contributed by atoms with Crippen molar-refractivity contribution in [3.8, 4) is 0 Å². The van der Waals surface area contributed by atoms with Gasteiger partial charge in [-0.25, -0.2) is 22.0 Å². The molecule has 0 spiro atoms. The van der Waals surface area contributed by atoms with Crippen LogP contribution < -0.4 is 11.1 Å². The van der Waals surface area contributed by atoms with Crippen LogP contribution in [0.25, 0.3) is 0 Å². The lowest BCUT2D eigenvalue weighted by Gasteiger charge is -2.15. The minimum atomic E-state index is -2.29. The van der Waals surface area contributed by atoms with E-state index < -0.39 is 46.7 Å². The first kappa shape index (κ1) is 16.4. The van der Waals surface area contributed by atoms with Crippen LogP contribution in [-0.2, 0) is 4.79 Å². The van der Waals surface area contributed by atoms with Crippen LogP contribution in [0.5, 0.6) is 0 Å². The number of amides is 1. The Balaban J connectivity index is 3.07. The fourth-order valence-electron chi connectivity index (χ4n) is 1.55. The molecule has 0 aromatic heterocycles. The highest BCUT2D eigenvalue weighted by Gasteiger charge is 2.28. The second-order valence-electron chi connectivity index (χ2n) is 4.67. The zero-order valence-corrected chi connectivity index (χ0v) is 10.7. The third-order valence-corrected chi connectivity index (χ3v) is 2.52. The zero-order valence-electron chi connectivity index (χ0n) is 10.7. The molecule has 0 radical (unpaired) electrons. The number of carbonyl (C=O) groups excluding carboxylic acids is 1. The Hall–Kier alpha value is -1.70. The van der Waals surface area contributed by atoms with E-state index in [0.29, 0.717) is 0 Å². The maximum atomic E-state index is 13.3. The standard InChI is InChI=1S/C12H13F5N2O/c1-4(2)3-5(18)12(20)19-11-9(16)7(14)6(13)8(15)10(11)17/h4-5H,3,18H2,1-2H3,(H,19,20)/t5-/m1/s1. The van der Waals surface area contributed by atoms with Crippen LogP contribution in [0.1, 0.15) is 20.3 Å². The van der Waals surface area contributed by atoms with Crippen molar-refractivity contribution in [1.82, 2.24) is 0 Å². The van der Waals surface area contributed by atoms with Gasteiger partial charge in [0.05, 0.1) is 6.04 Å². The van der Waals surface area contributed by atoms with Gasteiger partial charge in [0.15, 0.2) is 23.3 Å². The lowest BCUT2D eigenvalue weighted by atomic mass is 10.0. The summed E-state index contributed by atoms with van der Waals surface area (Å²) in [5.41, 5.74) is 4.06. The van der Waals surface area contributed by atoms with Gasteiger partial charge in [-0.2, -0.15) is 0 Å². The van der Waals surface area contributed by atoms with Crippen molar-refractivity contribution in [2.45, 2.75) is 26.3 Å². The van der Waals surface area contributed by atoms with Crippen LogP contribution in [-0.4, -0.2) is 11.9 Å². The Kier molecular flexibility index (Phi) is 5.04. The van der Waals surface area contributed by atoms with Crippen molar-refractivity contribution in [2.75, 3.05) is 5.32 Å². The van der Waals surface area contributed by atoms with Crippen molar-refractivity contribution >= 4 is 11.6 Å². The molecule has 8 heteroatoms. The quantitative estimate of drug-likeness (QED) is 0.510. The third kappa shape index (κ3) is 3.24. The van der Waals surface area contributed by atoms with E-state index in [0.717, 1.165) is 0 Å². The smallest absolute Gasteiger partial charge is 0.241 e. The summed E-state index contributed by atoms with van der Waals surface area (Å²) in [6.45, 7) is 3.51. The highest BCUT2D eigenvalue weighted by Crippen LogP contribution is 2.27. The predicted molar refractivity (Wildman–Crippen MR) is 62.3 cm³/mol. The molecule has 0 aliphatic heterocycles. The van der Waals surface area contributed by atoms with E-state index in [1.165, 1.54) is 0 Å². The Bertz CT molecular complexity index is 504. The van der Waals surface area contributed by atoms with Crippen LogP contribution in [0, 0.1) is 35.0 Å². The van der Waals surface area contributed by atoms with Gasteiger partial charge < -0.3 is 11.1 Å². The molecule has 1 rings (SSSR count). The van der Waals surface area contributed by atoms with Crippen LogP contribution in [0.15, 0.2) is 0 Å². The number of rotatable bonds is 4. The number of benzene rings is 1. The number of nitrogens with two attached hydrogens (primary N) is 1. The Morgan fingerprint density at radius 3 is 1.80 bits per heavy atom. The highest BCUT2D eigenvalue weighted by molar-refractivity contribution is 5.94. The number of anilines is 1. The van der Waals surface area contributed by atoms with Crippen molar-refractivity contribution in [2.24, 2.45) is 11.7 Å². The molecule has 1 aromatic carbocycles. The Labute approximate surface area is 112 Å². The fourth-order valence-corrected chi connectivity index (χ4v) is 1.55. The van der Waals surface area contributed by atoms with E-state index in [2.05, 4.69) is 0 Å². The van der Waals surface area contributed by atoms with Crippen LogP contribution in [0.3, 0.4) is 0 Å². The highest BCUT2D eigenvalue weighted by atomic mass is 19.2. The van der Waals surface area contributed by atoms with Crippen molar-refractivity contribution < 1.29 is 26.7 Å². The Morgan fingerprint density at radius 1 is 1.00 bits per heavy atom. The lowest BCUT2D eigenvalue weighted by Crippen LogP contribution is -2.37. The summed E-state index contributed by atoms with van der Waals surface area (Å²) in [6, 6.07) is -1.12. The van der Waals surface area contributed by atoms with E-state index in [1.807, 2.05) is 0 Å². The number of carbonyl (C=O) groups is 1. The first-order chi connectivity index (χ1) is 9.16. The van der Waals surface area contributed by atoms with E-state index >= 15 is 0 Å². The summed E-state index contributed by atoms with van der Waals surface area (Å²) in [5, 5.41) is 1.63. The first-order valence-corrected chi connectivity index (χ1v) is 5.74. The molecule has 3 nitrogen and oxygen atoms in total. The molecule has 1 atom stereocenters. The van der Waals surface area contributed by atoms with E-state index in [9.17, 15) is 26.7 Å². The third-order valence-electron chi connectivity index (χ3n) is 2.52. The van der Waals surface area contributed by atoms with Gasteiger partial charge in [0.25, 0.3) is 0 Å². The van der Waals surface area contributed by atoms with Gasteiger partial charge in [0, 0.05) is 0 Å². The monoisotopic (exact) mass is 296 g/mol. The average molecular weight is 296 g/mol. The molecule has 112 valence electrons.